The molecule has 0 atom stereocenters. The number of nitrogens with one attached hydrogen (secondary N) is 1. The molecule has 114 valence electrons. The minimum atomic E-state index is -0.440. The first-order chi connectivity index (χ1) is 10.6. The van der Waals surface area contributed by atoms with E-state index in [9.17, 15) is 10.1 Å². The molecular weight excluding hydrogens is 350 g/mol. The van der Waals surface area contributed by atoms with E-state index >= 15 is 0 Å². The van der Waals surface area contributed by atoms with Crippen LogP contribution < -0.4 is 5.32 Å². The monoisotopic (exact) mass is 363 g/mol. The summed E-state index contributed by atoms with van der Waals surface area (Å²) < 4.78 is 2.44. The van der Waals surface area contributed by atoms with Gasteiger partial charge in [-0.3, -0.25) is 10.1 Å². The van der Waals surface area contributed by atoms with Crippen LogP contribution in [0.2, 0.25) is 0 Å². The first-order valence-electron chi connectivity index (χ1n) is 6.66. The van der Waals surface area contributed by atoms with Gasteiger partial charge in [-0.1, -0.05) is 19.9 Å². The van der Waals surface area contributed by atoms with Gasteiger partial charge in [-0.2, -0.15) is 4.98 Å². The number of pyridine rings is 1. The standard InChI is InChI=1S/C12H8BrN5O2.C2H6/c13-10-2-1-3-11-15-12(16-17(10)11)14-8-4-6-9(7-5-8)18(19)20;1-2/h1-7H,(H,14,16);1-2H3. The van der Waals surface area contributed by atoms with Crippen molar-refractivity contribution in [1.29, 1.82) is 0 Å². The average molecular weight is 364 g/mol. The molecule has 1 aromatic carbocycles. The number of halogens is 1. The summed E-state index contributed by atoms with van der Waals surface area (Å²) >= 11 is 3.38. The van der Waals surface area contributed by atoms with Crippen molar-refractivity contribution in [2.45, 2.75) is 13.8 Å². The molecule has 0 bridgehead atoms. The second-order valence-electron chi connectivity index (χ2n) is 3.98. The van der Waals surface area contributed by atoms with Gasteiger partial charge < -0.3 is 5.32 Å². The van der Waals surface area contributed by atoms with E-state index in [1.807, 2.05) is 32.0 Å². The van der Waals surface area contributed by atoms with Crippen LogP contribution in [0.4, 0.5) is 17.3 Å². The maximum absolute atomic E-state index is 10.6. The molecule has 8 heteroatoms. The molecule has 0 unspecified atom stereocenters. The minimum Gasteiger partial charge on any atom is -0.323 e. The summed E-state index contributed by atoms with van der Waals surface area (Å²) in [5.74, 6) is 0.422. The summed E-state index contributed by atoms with van der Waals surface area (Å²) in [4.78, 5) is 14.4. The summed E-state index contributed by atoms with van der Waals surface area (Å²) in [5.41, 5.74) is 1.42. The lowest BCUT2D eigenvalue weighted by Crippen LogP contribution is -1.94. The fraction of sp³-hybridized carbons (Fsp3) is 0.143. The quantitative estimate of drug-likeness (QED) is 0.428. The summed E-state index contributed by atoms with van der Waals surface area (Å²) in [7, 11) is 0. The van der Waals surface area contributed by atoms with Gasteiger partial charge >= 0.3 is 0 Å². The van der Waals surface area contributed by atoms with Gasteiger partial charge in [-0.05, 0) is 40.2 Å². The van der Waals surface area contributed by atoms with Crippen molar-refractivity contribution in [3.63, 3.8) is 0 Å². The Morgan fingerprint density at radius 2 is 1.86 bits per heavy atom. The Hall–Kier alpha value is -2.48. The first kappa shape index (κ1) is 15.9. The topological polar surface area (TPSA) is 85.4 Å². The Kier molecular flexibility index (Phi) is 5.05. The maximum Gasteiger partial charge on any atom is 0.269 e. The molecule has 7 nitrogen and oxygen atoms in total. The van der Waals surface area contributed by atoms with Crippen LogP contribution in [0.5, 0.6) is 0 Å². The van der Waals surface area contributed by atoms with E-state index in [4.69, 9.17) is 0 Å². The van der Waals surface area contributed by atoms with E-state index in [1.165, 1.54) is 12.1 Å². The number of hydrogen-bond donors (Lipinski definition) is 1. The van der Waals surface area contributed by atoms with Gasteiger partial charge in [0.15, 0.2) is 5.65 Å². The zero-order valence-electron chi connectivity index (χ0n) is 12.0. The highest BCUT2D eigenvalue weighted by Crippen LogP contribution is 2.19. The van der Waals surface area contributed by atoms with Gasteiger partial charge in [0, 0.05) is 17.8 Å². The normalized spacial score (nSPS) is 9.95. The molecule has 1 N–H and O–H groups in total. The molecule has 0 fully saturated rings. The fourth-order valence-electron chi connectivity index (χ4n) is 1.72. The molecule has 0 amide bonds. The molecule has 0 saturated carbocycles. The third kappa shape index (κ3) is 3.40. The van der Waals surface area contributed by atoms with Crippen LogP contribution in [-0.2, 0) is 0 Å². The minimum absolute atomic E-state index is 0.0428. The second-order valence-corrected chi connectivity index (χ2v) is 4.80. The number of nitro benzene ring substituents is 1. The van der Waals surface area contributed by atoms with Crippen molar-refractivity contribution < 1.29 is 4.92 Å². The largest absolute Gasteiger partial charge is 0.323 e. The van der Waals surface area contributed by atoms with Gasteiger partial charge in [0.05, 0.1) is 4.92 Å². The van der Waals surface area contributed by atoms with Gasteiger partial charge in [-0.25, -0.2) is 4.52 Å². The highest BCUT2D eigenvalue weighted by Gasteiger charge is 2.07. The van der Waals surface area contributed by atoms with Crippen LogP contribution in [-0.4, -0.2) is 19.5 Å². The molecular formula is C14H14BrN5O2. The summed E-state index contributed by atoms with van der Waals surface area (Å²) in [6.07, 6.45) is 0. The van der Waals surface area contributed by atoms with E-state index in [-0.39, 0.29) is 5.69 Å². The van der Waals surface area contributed by atoms with Crippen molar-refractivity contribution >= 4 is 38.9 Å². The zero-order valence-corrected chi connectivity index (χ0v) is 13.6. The molecule has 0 radical (unpaired) electrons. The SMILES string of the molecule is CC.O=[N+]([O-])c1ccc(Nc2nc3cccc(Br)n3n2)cc1. The van der Waals surface area contributed by atoms with Crippen LogP contribution in [0.1, 0.15) is 13.8 Å². The smallest absolute Gasteiger partial charge is 0.269 e. The molecule has 0 saturated heterocycles. The average Bonchev–Trinajstić information content (AvgIpc) is 2.94. The molecule has 3 rings (SSSR count). The number of nitrogens with zero attached hydrogens (tertiary/aromatic N) is 4. The Bertz CT molecular complexity index is 786. The molecule has 2 aromatic heterocycles. The molecule has 0 spiro atoms. The molecule has 0 aliphatic rings. The van der Waals surface area contributed by atoms with Crippen molar-refractivity contribution in [3.05, 3.63) is 57.2 Å². The Morgan fingerprint density at radius 1 is 1.18 bits per heavy atom. The number of rotatable bonds is 3. The third-order valence-corrected chi connectivity index (χ3v) is 3.25. The van der Waals surface area contributed by atoms with E-state index in [1.54, 1.807) is 16.6 Å². The van der Waals surface area contributed by atoms with Crippen molar-refractivity contribution in [2.24, 2.45) is 0 Å². The van der Waals surface area contributed by atoms with Crippen LogP contribution in [0, 0.1) is 10.1 Å². The van der Waals surface area contributed by atoms with Crippen molar-refractivity contribution in [3.8, 4) is 0 Å². The van der Waals surface area contributed by atoms with Gasteiger partial charge in [-0.15, -0.1) is 5.10 Å². The lowest BCUT2D eigenvalue weighted by Gasteiger charge is -2.00. The van der Waals surface area contributed by atoms with Crippen LogP contribution in [0.25, 0.3) is 5.65 Å². The van der Waals surface area contributed by atoms with Gasteiger partial charge in [0.1, 0.15) is 4.60 Å². The van der Waals surface area contributed by atoms with Crippen LogP contribution in [0.15, 0.2) is 47.1 Å². The van der Waals surface area contributed by atoms with E-state index in [0.29, 0.717) is 17.3 Å². The number of anilines is 2. The summed E-state index contributed by atoms with van der Waals surface area (Å²) in [6, 6.07) is 11.6. The Balaban J connectivity index is 0.000000847. The summed E-state index contributed by atoms with van der Waals surface area (Å²) in [5, 5.41) is 17.9. The highest BCUT2D eigenvalue weighted by atomic mass is 79.9. The molecule has 2 heterocycles. The predicted octanol–water partition coefficient (Wildman–Crippen LogP) is 4.17. The molecule has 0 aliphatic heterocycles. The third-order valence-electron chi connectivity index (χ3n) is 2.65. The molecule has 22 heavy (non-hydrogen) atoms. The van der Waals surface area contributed by atoms with Crippen LogP contribution in [0.3, 0.4) is 0 Å². The Labute approximate surface area is 135 Å². The number of non-ortho nitro benzene ring substituents is 1. The predicted molar refractivity (Wildman–Crippen MR) is 88.4 cm³/mol. The summed E-state index contributed by atoms with van der Waals surface area (Å²) in [6.45, 7) is 4.00. The van der Waals surface area contributed by atoms with E-state index in [0.717, 1.165) is 4.60 Å². The van der Waals surface area contributed by atoms with Crippen molar-refractivity contribution in [2.75, 3.05) is 5.32 Å². The van der Waals surface area contributed by atoms with Gasteiger partial charge in [0.25, 0.3) is 5.69 Å². The van der Waals surface area contributed by atoms with Crippen molar-refractivity contribution in [1.82, 2.24) is 14.6 Å². The fourth-order valence-corrected chi connectivity index (χ4v) is 2.14. The number of fused-ring (bicyclic) bond motifs is 1. The lowest BCUT2D eigenvalue weighted by molar-refractivity contribution is -0.384. The molecule has 3 aromatic rings. The number of hydrogen-bond acceptors (Lipinski definition) is 5. The Morgan fingerprint density at radius 3 is 2.45 bits per heavy atom. The number of nitro groups is 1. The lowest BCUT2D eigenvalue weighted by atomic mass is 10.3. The second kappa shape index (κ2) is 6.99. The highest BCUT2D eigenvalue weighted by molar-refractivity contribution is 9.10. The van der Waals surface area contributed by atoms with Crippen LogP contribution >= 0.6 is 15.9 Å². The maximum atomic E-state index is 10.6. The molecule has 0 aliphatic carbocycles. The van der Waals surface area contributed by atoms with E-state index < -0.39 is 4.92 Å². The zero-order chi connectivity index (χ0) is 16.1. The van der Waals surface area contributed by atoms with E-state index in [2.05, 4.69) is 31.3 Å². The first-order valence-corrected chi connectivity index (χ1v) is 7.45. The van der Waals surface area contributed by atoms with Gasteiger partial charge in [0.2, 0.25) is 5.95 Å². The number of aromatic nitrogens is 3. The number of benzene rings is 1.